The molecule has 0 bridgehead atoms. The van der Waals surface area contributed by atoms with Crippen LogP contribution in [0.4, 0.5) is 0 Å². The summed E-state index contributed by atoms with van der Waals surface area (Å²) in [6.45, 7) is 0. The Kier molecular flexibility index (Phi) is 5.00. The molecule has 0 aromatic heterocycles. The standard InChI is InChI=1S/C21H22NP/c22-17-10-18-23(19-11-4-1-5-12-19,20-13-6-2-7-14-20)21-15-8-3-9-16-21/h1-9,11-17,22-23H,10,18H2. The van der Waals surface area contributed by atoms with E-state index < -0.39 is 7.26 Å². The number of hydrogen-bond donors (Lipinski definition) is 1. The van der Waals surface area contributed by atoms with Gasteiger partial charge in [0.25, 0.3) is 0 Å². The van der Waals surface area contributed by atoms with E-state index in [0.29, 0.717) is 0 Å². The van der Waals surface area contributed by atoms with Gasteiger partial charge in [-0.1, -0.05) is 0 Å². The van der Waals surface area contributed by atoms with Gasteiger partial charge in [0, 0.05) is 0 Å². The van der Waals surface area contributed by atoms with Crippen molar-refractivity contribution in [1.29, 1.82) is 5.41 Å². The zero-order chi connectivity index (χ0) is 16.0. The summed E-state index contributed by atoms with van der Waals surface area (Å²) in [5.41, 5.74) is 0. The number of benzene rings is 3. The summed E-state index contributed by atoms with van der Waals surface area (Å²) in [6, 6.07) is 32.6. The quantitative estimate of drug-likeness (QED) is 0.528. The van der Waals surface area contributed by atoms with Gasteiger partial charge >= 0.3 is 138 Å². The molecular formula is C21H22NP. The fraction of sp³-hybridized carbons (Fsp3) is 0.0952. The first-order valence-electron chi connectivity index (χ1n) is 8.03. The van der Waals surface area contributed by atoms with Crippen LogP contribution in [0.25, 0.3) is 0 Å². The third-order valence-electron chi connectivity index (χ3n) is 4.46. The van der Waals surface area contributed by atoms with Gasteiger partial charge in [-0.05, 0) is 0 Å². The molecule has 0 unspecified atom stereocenters. The summed E-state index contributed by atoms with van der Waals surface area (Å²) in [4.78, 5) is 0. The Bertz CT molecular complexity index is 642. The predicted molar refractivity (Wildman–Crippen MR) is 105 cm³/mol. The molecule has 2 heteroatoms. The summed E-state index contributed by atoms with van der Waals surface area (Å²) >= 11 is 0. The van der Waals surface area contributed by atoms with Crippen LogP contribution in [0, 0.1) is 5.41 Å². The first-order valence-corrected chi connectivity index (χ1v) is 10.2. The first-order chi connectivity index (χ1) is 11.4. The van der Waals surface area contributed by atoms with Crippen LogP contribution in [0.15, 0.2) is 91.0 Å². The Morgan fingerprint density at radius 3 is 1.26 bits per heavy atom. The number of nitrogens with one attached hydrogen (secondary N) is 1. The molecule has 0 radical (unpaired) electrons. The molecule has 3 aromatic rings. The normalized spacial score (nSPS) is 11.8. The van der Waals surface area contributed by atoms with Crippen LogP contribution in [0.5, 0.6) is 0 Å². The van der Waals surface area contributed by atoms with Gasteiger partial charge in [-0.3, -0.25) is 0 Å². The molecule has 0 saturated heterocycles. The van der Waals surface area contributed by atoms with Gasteiger partial charge < -0.3 is 0 Å². The third kappa shape index (κ3) is 3.11. The van der Waals surface area contributed by atoms with Crippen LogP contribution in [0.3, 0.4) is 0 Å². The topological polar surface area (TPSA) is 23.9 Å². The van der Waals surface area contributed by atoms with E-state index in [1.165, 1.54) is 15.9 Å². The molecule has 3 aromatic carbocycles. The zero-order valence-corrected chi connectivity index (χ0v) is 14.2. The van der Waals surface area contributed by atoms with Crippen LogP contribution < -0.4 is 15.9 Å². The maximum atomic E-state index is 7.57. The second kappa shape index (κ2) is 7.35. The molecular weight excluding hydrogens is 297 g/mol. The molecule has 0 heterocycles. The van der Waals surface area contributed by atoms with Gasteiger partial charge in [0.05, 0.1) is 0 Å². The van der Waals surface area contributed by atoms with Crippen molar-refractivity contribution in [2.75, 3.05) is 6.16 Å². The predicted octanol–water partition coefficient (Wildman–Crippen LogP) is 3.75. The summed E-state index contributed by atoms with van der Waals surface area (Å²) in [7, 11) is -2.10. The molecule has 0 saturated carbocycles. The molecule has 0 spiro atoms. The van der Waals surface area contributed by atoms with Crippen molar-refractivity contribution in [1.82, 2.24) is 0 Å². The Hall–Kier alpha value is -2.24. The van der Waals surface area contributed by atoms with Crippen LogP contribution in [-0.2, 0) is 0 Å². The molecule has 23 heavy (non-hydrogen) atoms. The van der Waals surface area contributed by atoms with Crippen molar-refractivity contribution in [3.63, 3.8) is 0 Å². The molecule has 1 nitrogen and oxygen atoms in total. The van der Waals surface area contributed by atoms with Crippen molar-refractivity contribution < 1.29 is 0 Å². The van der Waals surface area contributed by atoms with E-state index in [4.69, 9.17) is 5.41 Å². The van der Waals surface area contributed by atoms with Crippen molar-refractivity contribution in [3.8, 4) is 0 Å². The summed E-state index contributed by atoms with van der Waals surface area (Å²) in [5.74, 6) is 0. The first kappa shape index (κ1) is 15.6. The second-order valence-corrected chi connectivity index (χ2v) is 9.79. The van der Waals surface area contributed by atoms with Crippen molar-refractivity contribution in [2.45, 2.75) is 6.42 Å². The second-order valence-electron chi connectivity index (χ2n) is 5.75. The Balaban J connectivity index is 2.27. The summed E-state index contributed by atoms with van der Waals surface area (Å²) < 4.78 is 0. The minimum atomic E-state index is -2.10. The Labute approximate surface area is 138 Å². The fourth-order valence-electron chi connectivity index (χ4n) is 3.39. The number of hydrogen-bond acceptors (Lipinski definition) is 1. The van der Waals surface area contributed by atoms with Gasteiger partial charge in [-0.25, -0.2) is 0 Å². The van der Waals surface area contributed by atoms with Crippen molar-refractivity contribution >= 4 is 29.4 Å². The molecule has 0 fully saturated rings. The van der Waals surface area contributed by atoms with E-state index in [0.717, 1.165) is 12.6 Å². The molecule has 0 atom stereocenters. The van der Waals surface area contributed by atoms with E-state index in [1.807, 2.05) is 0 Å². The van der Waals surface area contributed by atoms with Gasteiger partial charge in [0.15, 0.2) is 0 Å². The third-order valence-corrected chi connectivity index (χ3v) is 9.46. The van der Waals surface area contributed by atoms with E-state index in [9.17, 15) is 0 Å². The van der Waals surface area contributed by atoms with E-state index in [-0.39, 0.29) is 0 Å². The monoisotopic (exact) mass is 319 g/mol. The Morgan fingerprint density at radius 2 is 0.957 bits per heavy atom. The maximum absolute atomic E-state index is 7.57. The molecule has 0 aliphatic rings. The minimum absolute atomic E-state index is 0.810. The van der Waals surface area contributed by atoms with Gasteiger partial charge in [0.1, 0.15) is 0 Å². The van der Waals surface area contributed by atoms with E-state index in [2.05, 4.69) is 91.0 Å². The molecule has 3 rings (SSSR count). The summed E-state index contributed by atoms with van der Waals surface area (Å²) in [6.07, 6.45) is 3.38. The number of rotatable bonds is 6. The van der Waals surface area contributed by atoms with E-state index >= 15 is 0 Å². The van der Waals surface area contributed by atoms with Crippen LogP contribution in [0.1, 0.15) is 6.42 Å². The molecule has 0 aliphatic carbocycles. The average Bonchev–Trinajstić information content (AvgIpc) is 2.65. The van der Waals surface area contributed by atoms with Gasteiger partial charge in [-0.2, -0.15) is 0 Å². The van der Waals surface area contributed by atoms with Crippen molar-refractivity contribution in [2.24, 2.45) is 0 Å². The fourth-order valence-corrected chi connectivity index (χ4v) is 8.12. The van der Waals surface area contributed by atoms with Crippen LogP contribution >= 0.6 is 7.26 Å². The van der Waals surface area contributed by atoms with Gasteiger partial charge in [-0.15, -0.1) is 0 Å². The SMILES string of the molecule is N=CCC[PH](c1ccccc1)(c1ccccc1)c1ccccc1. The Morgan fingerprint density at radius 1 is 0.609 bits per heavy atom. The summed E-state index contributed by atoms with van der Waals surface area (Å²) in [5, 5.41) is 11.8. The van der Waals surface area contributed by atoms with Gasteiger partial charge in [0.2, 0.25) is 0 Å². The van der Waals surface area contributed by atoms with Crippen LogP contribution in [0.2, 0.25) is 0 Å². The van der Waals surface area contributed by atoms with Crippen LogP contribution in [-0.4, -0.2) is 12.4 Å². The molecule has 0 amide bonds. The van der Waals surface area contributed by atoms with Crippen molar-refractivity contribution in [3.05, 3.63) is 91.0 Å². The molecule has 1 N–H and O–H groups in total. The molecule has 116 valence electrons. The zero-order valence-electron chi connectivity index (χ0n) is 13.2. The van der Waals surface area contributed by atoms with E-state index in [1.54, 1.807) is 6.21 Å². The average molecular weight is 319 g/mol. The molecule has 0 aliphatic heterocycles.